The van der Waals surface area contributed by atoms with Crippen LogP contribution < -0.4 is 5.56 Å². The minimum atomic E-state index is -0.647. The number of benzene rings is 2. The van der Waals surface area contributed by atoms with Crippen LogP contribution in [0.25, 0.3) is 10.9 Å². The quantitative estimate of drug-likeness (QED) is 0.452. The van der Waals surface area contributed by atoms with E-state index in [4.69, 9.17) is 10.00 Å². The molecule has 0 aliphatic heterocycles. The third-order valence-electron chi connectivity index (χ3n) is 4.25. The number of ether oxygens (including phenoxy) is 1. The number of esters is 1. The Kier molecular flexibility index (Phi) is 6.09. The van der Waals surface area contributed by atoms with E-state index < -0.39 is 17.3 Å². The van der Waals surface area contributed by atoms with Crippen molar-refractivity contribution in [3.63, 3.8) is 0 Å². The summed E-state index contributed by atoms with van der Waals surface area (Å²) in [6.07, 6.45) is -0.271. The van der Waals surface area contributed by atoms with E-state index in [1.165, 1.54) is 24.3 Å². The van der Waals surface area contributed by atoms with E-state index in [-0.39, 0.29) is 37.6 Å². The normalized spacial score (nSPS) is 10.5. The maximum Gasteiger partial charge on any atom is 0.306 e. The molecule has 0 unspecified atom stereocenters. The van der Waals surface area contributed by atoms with Crippen molar-refractivity contribution in [1.82, 2.24) is 9.55 Å². The highest BCUT2D eigenvalue weighted by molar-refractivity contribution is 5.97. The van der Waals surface area contributed by atoms with Gasteiger partial charge in [-0.05, 0) is 36.4 Å². The molecule has 3 rings (SSSR count). The van der Waals surface area contributed by atoms with Crippen LogP contribution in [-0.4, -0.2) is 21.3 Å². The van der Waals surface area contributed by atoms with Crippen LogP contribution in [0.2, 0.25) is 0 Å². The minimum absolute atomic E-state index is 0.0966. The van der Waals surface area contributed by atoms with Crippen molar-refractivity contribution in [2.45, 2.75) is 26.0 Å². The molecule has 0 fully saturated rings. The molecule has 0 bridgehead atoms. The minimum Gasteiger partial charge on any atom is -0.457 e. The van der Waals surface area contributed by atoms with E-state index in [1.807, 2.05) is 6.07 Å². The van der Waals surface area contributed by atoms with E-state index in [0.29, 0.717) is 16.5 Å². The average Bonchev–Trinajstić information content (AvgIpc) is 2.73. The monoisotopic (exact) mass is 393 g/mol. The number of carbonyl (C=O) groups is 2. The first-order valence-corrected chi connectivity index (χ1v) is 8.79. The third kappa shape index (κ3) is 4.71. The lowest BCUT2D eigenvalue weighted by Gasteiger charge is -2.11. The van der Waals surface area contributed by atoms with Gasteiger partial charge in [-0.15, -0.1) is 0 Å². The Balaban J connectivity index is 1.66. The molecule has 7 nitrogen and oxygen atoms in total. The van der Waals surface area contributed by atoms with Gasteiger partial charge in [-0.2, -0.15) is 5.26 Å². The number of hydrogen-bond donors (Lipinski definition) is 0. The number of aromatic nitrogens is 2. The number of nitriles is 1. The summed E-state index contributed by atoms with van der Waals surface area (Å²) < 4.78 is 19.2. The van der Waals surface area contributed by atoms with Crippen molar-refractivity contribution in [3.8, 4) is 6.07 Å². The van der Waals surface area contributed by atoms with Gasteiger partial charge in [0.25, 0.3) is 5.56 Å². The Hall–Kier alpha value is -3.86. The first kappa shape index (κ1) is 19.9. The summed E-state index contributed by atoms with van der Waals surface area (Å²) in [4.78, 5) is 40.9. The molecule has 8 heteroatoms. The van der Waals surface area contributed by atoms with Gasteiger partial charge in [0.2, 0.25) is 0 Å². The molecule has 3 aromatic rings. The van der Waals surface area contributed by atoms with Crippen LogP contribution in [0.4, 0.5) is 4.39 Å². The van der Waals surface area contributed by atoms with Gasteiger partial charge in [0.05, 0.1) is 23.4 Å². The number of Topliss-reactive ketones (excluding diaryl/α,β-unsaturated/α-hetero) is 1. The van der Waals surface area contributed by atoms with Crippen LogP contribution in [0.1, 0.15) is 29.0 Å². The molecule has 0 radical (unpaired) electrons. The Labute approximate surface area is 165 Å². The summed E-state index contributed by atoms with van der Waals surface area (Å²) in [5.74, 6) is -1.26. The molecule has 1 aromatic heterocycles. The first-order chi connectivity index (χ1) is 14.0. The third-order valence-corrected chi connectivity index (χ3v) is 4.25. The van der Waals surface area contributed by atoms with E-state index in [2.05, 4.69) is 4.98 Å². The fourth-order valence-corrected chi connectivity index (χ4v) is 2.77. The van der Waals surface area contributed by atoms with Gasteiger partial charge in [-0.3, -0.25) is 19.0 Å². The van der Waals surface area contributed by atoms with Gasteiger partial charge >= 0.3 is 5.97 Å². The highest BCUT2D eigenvalue weighted by Crippen LogP contribution is 2.11. The van der Waals surface area contributed by atoms with Gasteiger partial charge in [0.1, 0.15) is 19.0 Å². The molecule has 0 N–H and O–H groups in total. The van der Waals surface area contributed by atoms with E-state index in [9.17, 15) is 18.8 Å². The molecule has 2 aromatic carbocycles. The molecule has 0 saturated carbocycles. The summed E-state index contributed by atoms with van der Waals surface area (Å²) in [6, 6.07) is 13.6. The zero-order valence-corrected chi connectivity index (χ0v) is 15.3. The summed E-state index contributed by atoms with van der Waals surface area (Å²) in [6.45, 7) is -0.530. The molecule has 0 atom stereocenters. The van der Waals surface area contributed by atoms with E-state index in [0.717, 1.165) is 4.57 Å². The summed E-state index contributed by atoms with van der Waals surface area (Å²) in [5, 5.41) is 9.35. The predicted octanol–water partition coefficient (Wildman–Crippen LogP) is 2.77. The molecule has 29 heavy (non-hydrogen) atoms. The fourth-order valence-electron chi connectivity index (χ4n) is 2.77. The van der Waals surface area contributed by atoms with Gasteiger partial charge in [-0.1, -0.05) is 12.1 Å². The highest BCUT2D eigenvalue weighted by atomic mass is 19.1. The standard InChI is InChI=1S/C21H16FN3O4/c22-15-7-5-14(6-8-15)18(26)9-10-20(27)29-13-19-24-17-4-2-1-3-16(17)21(28)25(19)12-11-23/h1-8H,9-10,12-13H2. The second-order valence-corrected chi connectivity index (χ2v) is 6.19. The largest absolute Gasteiger partial charge is 0.457 e. The van der Waals surface area contributed by atoms with Crippen LogP contribution >= 0.6 is 0 Å². The maximum absolute atomic E-state index is 12.9. The van der Waals surface area contributed by atoms with Crippen molar-refractivity contribution >= 4 is 22.7 Å². The Bertz CT molecular complexity index is 1160. The van der Waals surface area contributed by atoms with Crippen LogP contribution in [0.3, 0.4) is 0 Å². The lowest BCUT2D eigenvalue weighted by molar-refractivity contribution is -0.145. The lowest BCUT2D eigenvalue weighted by atomic mass is 10.1. The van der Waals surface area contributed by atoms with Crippen LogP contribution in [0, 0.1) is 17.1 Å². The first-order valence-electron chi connectivity index (χ1n) is 8.79. The molecule has 0 aliphatic carbocycles. The lowest BCUT2D eigenvalue weighted by Crippen LogP contribution is -2.26. The zero-order valence-electron chi connectivity index (χ0n) is 15.3. The van der Waals surface area contributed by atoms with Crippen molar-refractivity contribution in [2.75, 3.05) is 0 Å². The van der Waals surface area contributed by atoms with Crippen molar-refractivity contribution in [2.24, 2.45) is 0 Å². The number of para-hydroxylation sites is 1. The second kappa shape index (κ2) is 8.89. The van der Waals surface area contributed by atoms with Crippen LogP contribution in [0.5, 0.6) is 0 Å². The molecular weight excluding hydrogens is 377 g/mol. The Morgan fingerprint density at radius 2 is 1.83 bits per heavy atom. The number of fused-ring (bicyclic) bond motifs is 1. The number of halogens is 1. The van der Waals surface area contributed by atoms with Crippen LogP contribution in [0.15, 0.2) is 53.3 Å². The molecule has 0 spiro atoms. The summed E-state index contributed by atoms with van der Waals surface area (Å²) in [7, 11) is 0. The molecule has 0 saturated heterocycles. The molecule has 146 valence electrons. The van der Waals surface area contributed by atoms with Crippen molar-refractivity contribution in [1.29, 1.82) is 5.26 Å². The van der Waals surface area contributed by atoms with Gasteiger partial charge < -0.3 is 4.74 Å². The average molecular weight is 393 g/mol. The van der Waals surface area contributed by atoms with Gasteiger partial charge in [0, 0.05) is 12.0 Å². The number of rotatable bonds is 7. The topological polar surface area (TPSA) is 102 Å². The molecule has 0 amide bonds. The Morgan fingerprint density at radius 1 is 1.10 bits per heavy atom. The zero-order chi connectivity index (χ0) is 20.8. The number of hydrogen-bond acceptors (Lipinski definition) is 6. The maximum atomic E-state index is 12.9. The van der Waals surface area contributed by atoms with Crippen molar-refractivity contribution < 1.29 is 18.7 Å². The number of ketones is 1. The Morgan fingerprint density at radius 3 is 2.55 bits per heavy atom. The van der Waals surface area contributed by atoms with Crippen molar-refractivity contribution in [3.05, 3.63) is 76.1 Å². The van der Waals surface area contributed by atoms with E-state index in [1.54, 1.807) is 24.3 Å². The van der Waals surface area contributed by atoms with E-state index >= 15 is 0 Å². The highest BCUT2D eigenvalue weighted by Gasteiger charge is 2.14. The van der Waals surface area contributed by atoms with Crippen LogP contribution in [-0.2, 0) is 22.7 Å². The fraction of sp³-hybridized carbons (Fsp3) is 0.190. The smallest absolute Gasteiger partial charge is 0.306 e. The molecule has 1 heterocycles. The summed E-state index contributed by atoms with van der Waals surface area (Å²) in [5.41, 5.74) is 0.345. The van der Waals surface area contributed by atoms with Gasteiger partial charge in [0.15, 0.2) is 11.6 Å². The number of carbonyl (C=O) groups excluding carboxylic acids is 2. The number of nitrogens with zero attached hydrogens (tertiary/aromatic N) is 3. The molecule has 0 aliphatic rings. The molecular formula is C21H16FN3O4. The predicted molar refractivity (Wildman–Crippen MR) is 101 cm³/mol. The van der Waals surface area contributed by atoms with Gasteiger partial charge in [-0.25, -0.2) is 9.37 Å². The second-order valence-electron chi connectivity index (χ2n) is 6.19. The SMILES string of the molecule is N#CCn1c(COC(=O)CCC(=O)c2ccc(F)cc2)nc2ccccc2c1=O. The summed E-state index contributed by atoms with van der Waals surface area (Å²) >= 11 is 0.